The van der Waals surface area contributed by atoms with Gasteiger partial charge in [-0.3, -0.25) is 4.79 Å². The van der Waals surface area contributed by atoms with Gasteiger partial charge in [0.25, 0.3) is 5.91 Å². The quantitative estimate of drug-likeness (QED) is 0.380. The molecule has 4 aromatic rings. The van der Waals surface area contributed by atoms with E-state index in [0.29, 0.717) is 41.6 Å². The molecular formula is C23H23N5O5S2. The molecule has 12 heteroatoms. The number of thiazole rings is 1. The number of β-amino-alcohol motifs (C(OH)–C–C–N with tert-alkyl or cyclic N) is 1. The van der Waals surface area contributed by atoms with Crippen molar-refractivity contribution < 1.29 is 22.7 Å². The number of nitrogens with zero attached hydrogens (tertiary/aromatic N) is 4. The standard InChI is InChI=1S/C23H23N5O5S2/c1-24-10-19-26-27-21(33-19)20(35(2,31)32)22-25-17-7-6-14(9-18(17)34-22)13-4-3-5-15(8-13)23(30)28-11-16(29)12-28/h3-9,16,20,24,29H,10-12H2,1-2H3. The Bertz CT molecular complexity index is 1510. The molecule has 0 radical (unpaired) electrons. The van der Waals surface area contributed by atoms with Crippen LogP contribution in [0.5, 0.6) is 0 Å². The second-order valence-corrected chi connectivity index (χ2v) is 11.6. The number of benzene rings is 2. The summed E-state index contributed by atoms with van der Waals surface area (Å²) < 4.78 is 31.7. The average molecular weight is 514 g/mol. The molecule has 1 saturated heterocycles. The highest BCUT2D eigenvalue weighted by Crippen LogP contribution is 2.36. The first-order valence-corrected chi connectivity index (χ1v) is 13.6. The summed E-state index contributed by atoms with van der Waals surface area (Å²) in [6.07, 6.45) is 0.666. The topological polar surface area (TPSA) is 139 Å². The molecule has 1 amide bonds. The lowest BCUT2D eigenvalue weighted by atomic mass is 10.0. The smallest absolute Gasteiger partial charge is 0.254 e. The second-order valence-electron chi connectivity index (χ2n) is 8.45. The number of sulfone groups is 1. The van der Waals surface area contributed by atoms with Gasteiger partial charge in [-0.25, -0.2) is 13.4 Å². The van der Waals surface area contributed by atoms with E-state index in [1.807, 2.05) is 36.4 Å². The molecule has 1 aliphatic heterocycles. The number of carbonyl (C=O) groups is 1. The van der Waals surface area contributed by atoms with Gasteiger partial charge in [-0.15, -0.1) is 21.5 Å². The van der Waals surface area contributed by atoms with Crippen molar-refractivity contribution in [3.63, 3.8) is 0 Å². The van der Waals surface area contributed by atoms with E-state index in [0.717, 1.165) is 22.1 Å². The number of rotatable bonds is 7. The number of carbonyl (C=O) groups excluding carboxylic acids is 1. The van der Waals surface area contributed by atoms with Crippen LogP contribution in [0.1, 0.15) is 32.4 Å². The molecule has 10 nitrogen and oxygen atoms in total. The number of amides is 1. The van der Waals surface area contributed by atoms with Crippen molar-refractivity contribution in [2.24, 2.45) is 0 Å². The van der Waals surface area contributed by atoms with Crippen molar-refractivity contribution in [2.75, 3.05) is 26.4 Å². The van der Waals surface area contributed by atoms with Crippen molar-refractivity contribution in [1.82, 2.24) is 25.4 Å². The van der Waals surface area contributed by atoms with Crippen LogP contribution in [0.15, 0.2) is 46.9 Å². The molecule has 182 valence electrons. The van der Waals surface area contributed by atoms with Crippen LogP contribution in [0.25, 0.3) is 21.3 Å². The van der Waals surface area contributed by atoms with Crippen molar-refractivity contribution in [3.05, 3.63) is 64.8 Å². The van der Waals surface area contributed by atoms with Crippen molar-refractivity contribution in [1.29, 1.82) is 0 Å². The van der Waals surface area contributed by atoms with Gasteiger partial charge in [0.1, 0.15) is 5.01 Å². The summed E-state index contributed by atoms with van der Waals surface area (Å²) in [6.45, 7) is 1.01. The van der Waals surface area contributed by atoms with E-state index >= 15 is 0 Å². The highest BCUT2D eigenvalue weighted by Gasteiger charge is 2.34. The normalized spacial score (nSPS) is 15.3. The summed E-state index contributed by atoms with van der Waals surface area (Å²) in [6, 6.07) is 12.9. The largest absolute Gasteiger partial charge is 0.422 e. The molecule has 2 aromatic carbocycles. The second kappa shape index (κ2) is 9.11. The van der Waals surface area contributed by atoms with Gasteiger partial charge in [-0.2, -0.15) is 0 Å². The monoisotopic (exact) mass is 513 g/mol. The van der Waals surface area contributed by atoms with Gasteiger partial charge in [0, 0.05) is 24.9 Å². The zero-order chi connectivity index (χ0) is 24.7. The molecular weight excluding hydrogens is 490 g/mol. The van der Waals surface area contributed by atoms with Crippen LogP contribution >= 0.6 is 11.3 Å². The van der Waals surface area contributed by atoms with E-state index < -0.39 is 21.2 Å². The minimum atomic E-state index is -3.64. The molecule has 1 atom stereocenters. The third-order valence-electron chi connectivity index (χ3n) is 5.68. The van der Waals surface area contributed by atoms with Gasteiger partial charge in [0.2, 0.25) is 11.8 Å². The fourth-order valence-electron chi connectivity index (χ4n) is 3.94. The van der Waals surface area contributed by atoms with Crippen LogP contribution in [-0.2, 0) is 16.4 Å². The van der Waals surface area contributed by atoms with Crippen LogP contribution in [0.2, 0.25) is 0 Å². The Balaban J connectivity index is 1.48. The van der Waals surface area contributed by atoms with Crippen LogP contribution in [0.3, 0.4) is 0 Å². The lowest BCUT2D eigenvalue weighted by molar-refractivity contribution is 0.00590. The Kier molecular flexibility index (Phi) is 6.13. The lowest BCUT2D eigenvalue weighted by Crippen LogP contribution is -2.53. The summed E-state index contributed by atoms with van der Waals surface area (Å²) in [5.41, 5.74) is 2.92. The maximum absolute atomic E-state index is 12.6. The zero-order valence-corrected chi connectivity index (χ0v) is 20.6. The molecule has 1 fully saturated rings. The number of aromatic nitrogens is 3. The van der Waals surface area contributed by atoms with E-state index in [-0.39, 0.29) is 11.8 Å². The van der Waals surface area contributed by atoms with Crippen molar-refractivity contribution >= 4 is 37.3 Å². The van der Waals surface area contributed by atoms with E-state index in [2.05, 4.69) is 20.5 Å². The first kappa shape index (κ1) is 23.5. The van der Waals surface area contributed by atoms with E-state index in [4.69, 9.17) is 4.42 Å². The predicted octanol–water partition coefficient (Wildman–Crippen LogP) is 2.02. The number of aliphatic hydroxyl groups is 1. The first-order valence-electron chi connectivity index (χ1n) is 10.9. The van der Waals surface area contributed by atoms with Crippen molar-refractivity contribution in [2.45, 2.75) is 17.9 Å². The minimum Gasteiger partial charge on any atom is -0.422 e. The Hall–Kier alpha value is -3.19. The number of hydrogen-bond donors (Lipinski definition) is 2. The van der Waals surface area contributed by atoms with Crippen molar-refractivity contribution in [3.8, 4) is 11.1 Å². The molecule has 2 N–H and O–H groups in total. The lowest BCUT2D eigenvalue weighted by Gasteiger charge is -2.35. The minimum absolute atomic E-state index is 0.0145. The average Bonchev–Trinajstić information content (AvgIpc) is 3.42. The molecule has 1 unspecified atom stereocenters. The van der Waals surface area contributed by atoms with Gasteiger partial charge in [-0.05, 0) is 42.4 Å². The number of nitrogens with one attached hydrogen (secondary N) is 1. The SMILES string of the molecule is CNCc1nnc(C(c2nc3ccc(-c4cccc(C(=O)N5CC(O)C5)c4)cc3s2)S(C)(=O)=O)o1. The summed E-state index contributed by atoms with van der Waals surface area (Å²) >= 11 is 1.25. The molecule has 0 bridgehead atoms. The fraction of sp³-hybridized carbons (Fsp3) is 0.304. The fourth-order valence-corrected chi connectivity index (χ4v) is 6.47. The number of fused-ring (bicyclic) bond motifs is 1. The predicted molar refractivity (Wildman–Crippen MR) is 131 cm³/mol. The number of likely N-dealkylation sites (tertiary alicyclic amines) is 1. The Morgan fingerprint density at radius 1 is 1.23 bits per heavy atom. The van der Waals surface area contributed by atoms with E-state index in [1.165, 1.54) is 11.3 Å². The molecule has 0 aliphatic carbocycles. The summed E-state index contributed by atoms with van der Waals surface area (Å²) in [4.78, 5) is 18.8. The highest BCUT2D eigenvalue weighted by molar-refractivity contribution is 7.91. The molecule has 0 spiro atoms. The van der Waals surface area contributed by atoms with Crippen LogP contribution in [-0.4, -0.2) is 72.0 Å². The van der Waals surface area contributed by atoms with E-state index in [1.54, 1.807) is 18.0 Å². The first-order chi connectivity index (χ1) is 16.7. The zero-order valence-electron chi connectivity index (χ0n) is 19.0. The highest BCUT2D eigenvalue weighted by atomic mass is 32.2. The van der Waals surface area contributed by atoms with E-state index in [9.17, 15) is 18.3 Å². The Morgan fingerprint density at radius 3 is 2.71 bits per heavy atom. The van der Waals surface area contributed by atoms with Gasteiger partial charge < -0.3 is 19.7 Å². The summed E-state index contributed by atoms with van der Waals surface area (Å²) in [5.74, 6) is 0.160. The molecule has 0 saturated carbocycles. The Morgan fingerprint density at radius 2 is 2.00 bits per heavy atom. The Labute approximate surface area is 205 Å². The molecule has 5 rings (SSSR count). The van der Waals surface area contributed by atoms with Crippen LogP contribution < -0.4 is 5.32 Å². The summed E-state index contributed by atoms with van der Waals surface area (Å²) in [7, 11) is -1.91. The maximum atomic E-state index is 12.6. The van der Waals surface area contributed by atoms with Gasteiger partial charge in [0.15, 0.2) is 15.1 Å². The molecule has 3 heterocycles. The van der Waals surface area contributed by atoms with Gasteiger partial charge >= 0.3 is 0 Å². The molecule has 1 aliphatic rings. The van der Waals surface area contributed by atoms with Gasteiger partial charge in [-0.1, -0.05) is 18.2 Å². The number of hydrogen-bond acceptors (Lipinski definition) is 10. The summed E-state index contributed by atoms with van der Waals surface area (Å²) in [5, 5.41) is 19.4. The molecule has 35 heavy (non-hydrogen) atoms. The molecule has 2 aromatic heterocycles. The van der Waals surface area contributed by atoms with Crippen LogP contribution in [0.4, 0.5) is 0 Å². The number of aliphatic hydroxyl groups excluding tert-OH is 1. The third-order valence-corrected chi connectivity index (χ3v) is 8.20. The maximum Gasteiger partial charge on any atom is 0.254 e. The van der Waals surface area contributed by atoms with Crippen LogP contribution in [0, 0.1) is 0 Å². The third kappa shape index (κ3) is 4.69. The van der Waals surface area contributed by atoms with Gasteiger partial charge in [0.05, 0.1) is 22.9 Å².